The number of hydrogen-bond acceptors (Lipinski definition) is 1. The molecule has 0 saturated heterocycles. The van der Waals surface area contributed by atoms with Gasteiger partial charge in [0.15, 0.2) is 0 Å². The molecule has 2 heteroatoms. The van der Waals surface area contributed by atoms with Crippen LogP contribution in [0.5, 0.6) is 0 Å². The summed E-state index contributed by atoms with van der Waals surface area (Å²) in [4.78, 5) is 0. The number of halogens is 1. The van der Waals surface area contributed by atoms with Crippen LogP contribution in [-0.4, -0.2) is 17.6 Å². The molecular formula is C6H11ClO. The van der Waals surface area contributed by atoms with Crippen molar-refractivity contribution in [1.29, 1.82) is 0 Å². The van der Waals surface area contributed by atoms with Crippen LogP contribution in [0, 0.1) is 0 Å². The first-order valence-corrected chi connectivity index (χ1v) is 3.17. The highest BCUT2D eigenvalue weighted by Crippen LogP contribution is 1.99. The molecule has 0 atom stereocenters. The normalized spacial score (nSPS) is 12.1. The van der Waals surface area contributed by atoms with Crippen LogP contribution in [0.3, 0.4) is 0 Å². The van der Waals surface area contributed by atoms with E-state index >= 15 is 0 Å². The summed E-state index contributed by atoms with van der Waals surface area (Å²) in [6.07, 6.45) is 2.64. The molecule has 1 nitrogen and oxygen atoms in total. The summed E-state index contributed by atoms with van der Waals surface area (Å²) in [7, 11) is 0. The van der Waals surface area contributed by atoms with Crippen molar-refractivity contribution in [2.45, 2.75) is 13.3 Å². The second kappa shape index (κ2) is 5.13. The van der Waals surface area contributed by atoms with E-state index in [-0.39, 0.29) is 6.61 Å². The zero-order chi connectivity index (χ0) is 6.41. The lowest BCUT2D eigenvalue weighted by atomic mass is 10.2. The van der Waals surface area contributed by atoms with E-state index in [9.17, 15) is 0 Å². The third kappa shape index (κ3) is 4.16. The van der Waals surface area contributed by atoms with Crippen molar-refractivity contribution >= 4 is 11.6 Å². The molecule has 0 spiro atoms. The second-order valence-electron chi connectivity index (χ2n) is 1.67. The molecule has 0 aliphatic rings. The molecule has 0 rings (SSSR count). The molecule has 0 aliphatic carbocycles. The van der Waals surface area contributed by atoms with Crippen LogP contribution in [0.4, 0.5) is 0 Å². The molecule has 0 amide bonds. The predicted octanol–water partition coefficient (Wildman–Crippen LogP) is 1.55. The van der Waals surface area contributed by atoms with Gasteiger partial charge in [0, 0.05) is 5.88 Å². The molecule has 0 bridgehead atoms. The Labute approximate surface area is 55.0 Å². The van der Waals surface area contributed by atoms with Crippen LogP contribution >= 0.6 is 11.6 Å². The fraction of sp³-hybridized carbons (Fsp3) is 0.667. The first-order valence-electron chi connectivity index (χ1n) is 2.63. The molecule has 0 aromatic rings. The summed E-state index contributed by atoms with van der Waals surface area (Å²) in [5.74, 6) is 0.641. The number of aliphatic hydroxyl groups is 1. The molecular weight excluding hydrogens is 124 g/mol. The van der Waals surface area contributed by atoms with Crippen LogP contribution in [0.15, 0.2) is 11.6 Å². The topological polar surface area (TPSA) is 20.2 Å². The standard InChI is InChI=1S/C6H11ClO/c1-6(2-4-7)3-5-8/h3,8H,2,4-5H2,1H3/b6-3-. The van der Waals surface area contributed by atoms with Gasteiger partial charge in [-0.15, -0.1) is 11.6 Å². The molecule has 0 aromatic carbocycles. The van der Waals surface area contributed by atoms with E-state index in [2.05, 4.69) is 0 Å². The summed E-state index contributed by atoms with van der Waals surface area (Å²) in [6, 6.07) is 0. The fourth-order valence-electron chi connectivity index (χ4n) is 0.407. The summed E-state index contributed by atoms with van der Waals surface area (Å²) >= 11 is 5.41. The van der Waals surface area contributed by atoms with Gasteiger partial charge in [0.2, 0.25) is 0 Å². The Morgan fingerprint density at radius 2 is 2.38 bits per heavy atom. The number of hydrogen-bond donors (Lipinski definition) is 1. The highest BCUT2D eigenvalue weighted by Gasteiger charge is 1.83. The van der Waals surface area contributed by atoms with Crippen molar-refractivity contribution < 1.29 is 5.11 Å². The van der Waals surface area contributed by atoms with Crippen LogP contribution in [-0.2, 0) is 0 Å². The quantitative estimate of drug-likeness (QED) is 0.459. The minimum absolute atomic E-state index is 0.128. The van der Waals surface area contributed by atoms with Gasteiger partial charge in [-0.05, 0) is 13.3 Å². The minimum Gasteiger partial charge on any atom is -0.392 e. The van der Waals surface area contributed by atoms with E-state index < -0.39 is 0 Å². The van der Waals surface area contributed by atoms with Crippen molar-refractivity contribution in [2.75, 3.05) is 12.5 Å². The van der Waals surface area contributed by atoms with Gasteiger partial charge in [0.25, 0.3) is 0 Å². The van der Waals surface area contributed by atoms with Crippen molar-refractivity contribution in [3.05, 3.63) is 11.6 Å². The van der Waals surface area contributed by atoms with Gasteiger partial charge in [-0.1, -0.05) is 11.6 Å². The van der Waals surface area contributed by atoms with E-state index in [0.717, 1.165) is 12.0 Å². The van der Waals surface area contributed by atoms with Gasteiger partial charge >= 0.3 is 0 Å². The summed E-state index contributed by atoms with van der Waals surface area (Å²) < 4.78 is 0. The first-order chi connectivity index (χ1) is 3.81. The summed E-state index contributed by atoms with van der Waals surface area (Å²) in [5, 5.41) is 8.34. The Hall–Kier alpha value is -0.0100. The maximum atomic E-state index is 8.34. The van der Waals surface area contributed by atoms with Crippen molar-refractivity contribution in [3.8, 4) is 0 Å². The third-order valence-corrected chi connectivity index (χ3v) is 1.12. The Morgan fingerprint density at radius 3 is 2.75 bits per heavy atom. The lowest BCUT2D eigenvalue weighted by Crippen LogP contribution is -1.81. The van der Waals surface area contributed by atoms with E-state index in [4.69, 9.17) is 16.7 Å². The predicted molar refractivity (Wildman–Crippen MR) is 36.2 cm³/mol. The number of alkyl halides is 1. The lowest BCUT2D eigenvalue weighted by Gasteiger charge is -1.91. The number of allylic oxidation sites excluding steroid dienone is 1. The van der Waals surface area contributed by atoms with E-state index in [1.807, 2.05) is 6.92 Å². The zero-order valence-electron chi connectivity index (χ0n) is 5.02. The van der Waals surface area contributed by atoms with E-state index in [0.29, 0.717) is 5.88 Å². The Balaban J connectivity index is 3.29. The van der Waals surface area contributed by atoms with Gasteiger partial charge in [-0.3, -0.25) is 0 Å². The largest absolute Gasteiger partial charge is 0.392 e. The monoisotopic (exact) mass is 134 g/mol. The molecule has 0 unspecified atom stereocenters. The van der Waals surface area contributed by atoms with Crippen LogP contribution in [0.2, 0.25) is 0 Å². The van der Waals surface area contributed by atoms with Crippen molar-refractivity contribution in [1.82, 2.24) is 0 Å². The molecule has 0 aliphatic heterocycles. The fourth-order valence-corrected chi connectivity index (χ4v) is 0.705. The number of rotatable bonds is 3. The molecule has 0 radical (unpaired) electrons. The molecule has 1 N–H and O–H groups in total. The van der Waals surface area contributed by atoms with Gasteiger partial charge in [0.1, 0.15) is 0 Å². The minimum atomic E-state index is 0.128. The molecule has 0 aromatic heterocycles. The van der Waals surface area contributed by atoms with Crippen molar-refractivity contribution in [2.24, 2.45) is 0 Å². The average Bonchev–Trinajstić information content (AvgIpc) is 1.68. The smallest absolute Gasteiger partial charge is 0.0614 e. The Morgan fingerprint density at radius 1 is 1.75 bits per heavy atom. The maximum Gasteiger partial charge on any atom is 0.0614 e. The highest BCUT2D eigenvalue weighted by molar-refractivity contribution is 6.17. The summed E-state index contributed by atoms with van der Waals surface area (Å²) in [6.45, 7) is 2.08. The second-order valence-corrected chi connectivity index (χ2v) is 2.05. The van der Waals surface area contributed by atoms with Crippen LogP contribution in [0.1, 0.15) is 13.3 Å². The molecule has 48 valence electrons. The summed E-state index contributed by atoms with van der Waals surface area (Å²) in [5.41, 5.74) is 1.16. The zero-order valence-corrected chi connectivity index (χ0v) is 5.78. The van der Waals surface area contributed by atoms with E-state index in [1.165, 1.54) is 0 Å². The van der Waals surface area contributed by atoms with E-state index in [1.54, 1.807) is 6.08 Å². The first kappa shape index (κ1) is 7.99. The third-order valence-electron chi connectivity index (χ3n) is 0.929. The highest BCUT2D eigenvalue weighted by atomic mass is 35.5. The van der Waals surface area contributed by atoms with Gasteiger partial charge in [-0.2, -0.15) is 0 Å². The Kier molecular flexibility index (Phi) is 5.13. The maximum absolute atomic E-state index is 8.34. The van der Waals surface area contributed by atoms with Gasteiger partial charge in [-0.25, -0.2) is 0 Å². The van der Waals surface area contributed by atoms with Gasteiger partial charge in [0.05, 0.1) is 6.61 Å². The van der Waals surface area contributed by atoms with Gasteiger partial charge < -0.3 is 5.11 Å². The van der Waals surface area contributed by atoms with Crippen LogP contribution < -0.4 is 0 Å². The van der Waals surface area contributed by atoms with Crippen LogP contribution in [0.25, 0.3) is 0 Å². The van der Waals surface area contributed by atoms with Crippen molar-refractivity contribution in [3.63, 3.8) is 0 Å². The lowest BCUT2D eigenvalue weighted by molar-refractivity contribution is 0.341. The molecule has 8 heavy (non-hydrogen) atoms. The average molecular weight is 135 g/mol. The SMILES string of the molecule is C/C(=C/CO)CCCl. The Bertz CT molecular complexity index is 78.6. The number of aliphatic hydroxyl groups excluding tert-OH is 1. The molecule has 0 heterocycles. The molecule has 0 saturated carbocycles. The molecule has 0 fully saturated rings.